The van der Waals surface area contributed by atoms with Crippen LogP contribution in [-0.2, 0) is 28.2 Å². The highest BCUT2D eigenvalue weighted by Crippen LogP contribution is 2.39. The zero-order valence-corrected chi connectivity index (χ0v) is 19.8. The van der Waals surface area contributed by atoms with Gasteiger partial charge in [0.05, 0.1) is 11.3 Å². The summed E-state index contributed by atoms with van der Waals surface area (Å²) in [5, 5.41) is 2.43. The van der Waals surface area contributed by atoms with E-state index in [1.807, 2.05) is 0 Å². The molecule has 0 saturated carbocycles. The minimum absolute atomic E-state index is 0.0115. The predicted molar refractivity (Wildman–Crippen MR) is 123 cm³/mol. The summed E-state index contributed by atoms with van der Waals surface area (Å²) in [5.74, 6) is -1.41. The number of carbonyl (C=O) groups excluding carboxylic acids is 1. The summed E-state index contributed by atoms with van der Waals surface area (Å²) < 4.78 is 82.7. The van der Waals surface area contributed by atoms with Gasteiger partial charge in [0.15, 0.2) is 21.4 Å². The number of sulfone groups is 1. The number of rotatable bonds is 5. The average Bonchev–Trinajstić information content (AvgIpc) is 3.11. The number of amides is 2. The second-order valence-corrected chi connectivity index (χ2v) is 10.4. The largest absolute Gasteiger partial charge is 0.436 e. The number of anilines is 2. The van der Waals surface area contributed by atoms with Gasteiger partial charge < -0.3 is 10.1 Å². The number of benzene rings is 2. The van der Waals surface area contributed by atoms with Crippen LogP contribution in [0.4, 0.5) is 33.7 Å². The van der Waals surface area contributed by atoms with E-state index in [9.17, 15) is 26.4 Å². The van der Waals surface area contributed by atoms with Crippen molar-refractivity contribution in [3.05, 3.63) is 71.4 Å². The standard InChI is InChI=1S/C23H20F4N4O4S/c1-13-10-16-17(31(13)22(32)29-15-5-3-4-14(11-15)23(25,26)27)6-7-18(21(16)24)35-20-8-9-28-19(30-20)12-36(2,33)34/h3-9,11,13H,10,12H2,1-2H3,(H,29,32). The molecule has 2 aromatic carbocycles. The maximum Gasteiger partial charge on any atom is 0.416 e. The maximum atomic E-state index is 15.3. The molecule has 1 unspecified atom stereocenters. The van der Waals surface area contributed by atoms with E-state index in [1.165, 1.54) is 41.4 Å². The second kappa shape index (κ2) is 9.37. The average molecular weight is 524 g/mol. The highest BCUT2D eigenvalue weighted by atomic mass is 32.2. The number of carbonyl (C=O) groups is 1. The predicted octanol–water partition coefficient (Wildman–Crippen LogP) is 4.95. The molecular weight excluding hydrogens is 504 g/mol. The van der Waals surface area contributed by atoms with E-state index < -0.39 is 45.2 Å². The number of ether oxygens (including phenoxy) is 1. The van der Waals surface area contributed by atoms with Crippen LogP contribution in [-0.4, -0.2) is 36.7 Å². The molecular formula is C23H20F4N4O4S. The minimum Gasteiger partial charge on any atom is -0.436 e. The van der Waals surface area contributed by atoms with Crippen molar-refractivity contribution < 1.29 is 35.5 Å². The van der Waals surface area contributed by atoms with Crippen LogP contribution in [0.1, 0.15) is 23.9 Å². The van der Waals surface area contributed by atoms with Gasteiger partial charge in [-0.1, -0.05) is 6.07 Å². The Hall–Kier alpha value is -3.74. The smallest absolute Gasteiger partial charge is 0.416 e. The molecule has 0 bridgehead atoms. The van der Waals surface area contributed by atoms with Crippen LogP contribution in [0.5, 0.6) is 11.6 Å². The highest BCUT2D eigenvalue weighted by molar-refractivity contribution is 7.89. The Morgan fingerprint density at radius 3 is 2.67 bits per heavy atom. The van der Waals surface area contributed by atoms with Crippen molar-refractivity contribution in [2.24, 2.45) is 0 Å². The van der Waals surface area contributed by atoms with Crippen molar-refractivity contribution in [2.45, 2.75) is 31.3 Å². The molecule has 2 amide bonds. The van der Waals surface area contributed by atoms with Crippen LogP contribution in [0, 0.1) is 5.82 Å². The number of hydrogen-bond donors (Lipinski definition) is 1. The molecule has 0 fully saturated rings. The van der Waals surface area contributed by atoms with E-state index in [1.54, 1.807) is 6.92 Å². The van der Waals surface area contributed by atoms with E-state index in [0.717, 1.165) is 18.4 Å². The zero-order chi connectivity index (χ0) is 26.3. The molecule has 1 atom stereocenters. The van der Waals surface area contributed by atoms with Crippen molar-refractivity contribution in [3.63, 3.8) is 0 Å². The lowest BCUT2D eigenvalue weighted by Crippen LogP contribution is -2.39. The van der Waals surface area contributed by atoms with Crippen LogP contribution in [0.3, 0.4) is 0 Å². The van der Waals surface area contributed by atoms with E-state index in [-0.39, 0.29) is 40.8 Å². The van der Waals surface area contributed by atoms with E-state index in [4.69, 9.17) is 4.74 Å². The molecule has 2 heterocycles. The summed E-state index contributed by atoms with van der Waals surface area (Å²) in [6.07, 6.45) is -2.11. The molecule has 190 valence electrons. The second-order valence-electron chi connectivity index (χ2n) is 8.29. The van der Waals surface area contributed by atoms with E-state index in [2.05, 4.69) is 15.3 Å². The molecule has 8 nitrogen and oxygen atoms in total. The third kappa shape index (κ3) is 5.56. The summed E-state index contributed by atoms with van der Waals surface area (Å²) in [6.45, 7) is 1.67. The molecule has 4 rings (SSSR count). The van der Waals surface area contributed by atoms with Crippen LogP contribution in [0.25, 0.3) is 0 Å². The van der Waals surface area contributed by atoms with Gasteiger partial charge in [-0.15, -0.1) is 0 Å². The van der Waals surface area contributed by atoms with Gasteiger partial charge in [0.25, 0.3) is 0 Å². The number of nitrogens with zero attached hydrogens (tertiary/aromatic N) is 3. The van der Waals surface area contributed by atoms with E-state index >= 15 is 4.39 Å². The minimum atomic E-state index is -4.57. The maximum absolute atomic E-state index is 15.3. The number of nitrogens with one attached hydrogen (secondary N) is 1. The van der Waals surface area contributed by atoms with Gasteiger partial charge in [-0.2, -0.15) is 18.2 Å². The first-order valence-corrected chi connectivity index (χ1v) is 12.6. The topological polar surface area (TPSA) is 101 Å². The Balaban J connectivity index is 1.56. The van der Waals surface area contributed by atoms with Crippen LogP contribution < -0.4 is 15.0 Å². The van der Waals surface area contributed by atoms with Gasteiger partial charge in [-0.3, -0.25) is 4.90 Å². The quantitative estimate of drug-likeness (QED) is 0.474. The fourth-order valence-electron chi connectivity index (χ4n) is 3.83. The summed E-state index contributed by atoms with van der Waals surface area (Å²) >= 11 is 0. The third-order valence-electron chi connectivity index (χ3n) is 5.33. The Kier molecular flexibility index (Phi) is 6.60. The van der Waals surface area contributed by atoms with Gasteiger partial charge >= 0.3 is 12.2 Å². The number of urea groups is 1. The number of hydrogen-bond acceptors (Lipinski definition) is 6. The number of fused-ring (bicyclic) bond motifs is 1. The lowest BCUT2D eigenvalue weighted by molar-refractivity contribution is -0.137. The molecule has 1 aliphatic rings. The molecule has 0 spiro atoms. The lowest BCUT2D eigenvalue weighted by Gasteiger charge is -2.23. The molecule has 13 heteroatoms. The Bertz CT molecular complexity index is 1430. The summed E-state index contributed by atoms with van der Waals surface area (Å²) in [4.78, 5) is 22.0. The first-order chi connectivity index (χ1) is 16.8. The SMILES string of the molecule is CC1Cc2c(ccc(Oc3ccnc(CS(C)(=O)=O)n3)c2F)N1C(=O)Nc1cccc(C(F)(F)F)c1. The number of aromatic nitrogens is 2. The zero-order valence-electron chi connectivity index (χ0n) is 19.0. The summed E-state index contributed by atoms with van der Waals surface area (Å²) in [5.41, 5.74) is -0.529. The van der Waals surface area contributed by atoms with Crippen LogP contribution in [0.2, 0.25) is 0 Å². The fourth-order valence-corrected chi connectivity index (χ4v) is 4.44. The Morgan fingerprint density at radius 1 is 1.22 bits per heavy atom. The molecule has 36 heavy (non-hydrogen) atoms. The molecule has 1 aliphatic heterocycles. The molecule has 1 aromatic heterocycles. The molecule has 0 aliphatic carbocycles. The fraction of sp³-hybridized carbons (Fsp3) is 0.261. The van der Waals surface area contributed by atoms with Gasteiger partial charge in [0, 0.05) is 35.8 Å². The molecule has 1 N–H and O–H groups in total. The van der Waals surface area contributed by atoms with Gasteiger partial charge in [-0.25, -0.2) is 22.6 Å². The summed E-state index contributed by atoms with van der Waals surface area (Å²) in [6, 6.07) is 7.10. The lowest BCUT2D eigenvalue weighted by atomic mass is 10.1. The first kappa shape index (κ1) is 25.4. The first-order valence-electron chi connectivity index (χ1n) is 10.6. The molecule has 0 saturated heterocycles. The highest BCUT2D eigenvalue weighted by Gasteiger charge is 2.35. The normalized spacial score (nSPS) is 15.5. The van der Waals surface area contributed by atoms with Crippen LogP contribution >= 0.6 is 0 Å². The third-order valence-corrected chi connectivity index (χ3v) is 6.11. The van der Waals surface area contributed by atoms with Crippen molar-refractivity contribution in [1.29, 1.82) is 0 Å². The van der Waals surface area contributed by atoms with Crippen molar-refractivity contribution in [2.75, 3.05) is 16.5 Å². The molecule has 0 radical (unpaired) electrons. The van der Waals surface area contributed by atoms with Gasteiger partial charge in [0.2, 0.25) is 5.88 Å². The van der Waals surface area contributed by atoms with E-state index in [0.29, 0.717) is 0 Å². The number of alkyl halides is 3. The van der Waals surface area contributed by atoms with Crippen LogP contribution in [0.15, 0.2) is 48.7 Å². The Morgan fingerprint density at radius 2 is 1.97 bits per heavy atom. The van der Waals surface area contributed by atoms with Crippen molar-refractivity contribution in [1.82, 2.24) is 9.97 Å². The Labute approximate surface area is 203 Å². The molecule has 3 aromatic rings. The summed E-state index contributed by atoms with van der Waals surface area (Å²) in [7, 11) is -3.39. The van der Waals surface area contributed by atoms with Crippen molar-refractivity contribution in [3.8, 4) is 11.6 Å². The van der Waals surface area contributed by atoms with Gasteiger partial charge in [0.1, 0.15) is 11.6 Å². The van der Waals surface area contributed by atoms with Gasteiger partial charge in [-0.05, 0) is 43.7 Å². The monoisotopic (exact) mass is 524 g/mol. The van der Waals surface area contributed by atoms with Crippen molar-refractivity contribution >= 4 is 27.2 Å². The number of halogens is 4.